The van der Waals surface area contributed by atoms with Crippen molar-refractivity contribution >= 4 is 52.2 Å². The molecular formula is C21H23ClN4OS. The molecular weight excluding hydrogens is 392 g/mol. The second-order valence-electron chi connectivity index (χ2n) is 7.15. The molecule has 3 N–H and O–H groups in total. The highest BCUT2D eigenvalue weighted by Crippen LogP contribution is 2.42. The Bertz CT molecular complexity index is 924. The number of carbonyl (C=O) groups excluding carboxylic acids is 1. The summed E-state index contributed by atoms with van der Waals surface area (Å²) in [6.07, 6.45) is 1.96. The molecule has 0 unspecified atom stereocenters. The molecule has 0 bridgehead atoms. The summed E-state index contributed by atoms with van der Waals surface area (Å²) in [7, 11) is 0. The van der Waals surface area contributed by atoms with Gasteiger partial charge < -0.3 is 16.0 Å². The van der Waals surface area contributed by atoms with E-state index in [-0.39, 0.29) is 11.4 Å². The van der Waals surface area contributed by atoms with E-state index in [9.17, 15) is 4.79 Å². The van der Waals surface area contributed by atoms with E-state index in [4.69, 9.17) is 16.6 Å². The summed E-state index contributed by atoms with van der Waals surface area (Å²) >= 11 is 8.09. The fourth-order valence-corrected chi connectivity index (χ4v) is 5.11. The Hall–Kier alpha value is -2.18. The molecule has 146 valence electrons. The van der Waals surface area contributed by atoms with Crippen molar-refractivity contribution in [3.05, 3.63) is 53.1 Å². The van der Waals surface area contributed by atoms with E-state index in [0.29, 0.717) is 6.54 Å². The van der Waals surface area contributed by atoms with Gasteiger partial charge in [-0.3, -0.25) is 9.79 Å². The molecule has 1 spiro atoms. The van der Waals surface area contributed by atoms with Crippen LogP contribution < -0.4 is 16.0 Å². The van der Waals surface area contributed by atoms with Gasteiger partial charge in [0.25, 0.3) is 0 Å². The first kappa shape index (κ1) is 19.2. The third-order valence-electron chi connectivity index (χ3n) is 5.10. The van der Waals surface area contributed by atoms with Crippen LogP contribution in [0.5, 0.6) is 0 Å². The van der Waals surface area contributed by atoms with Crippen molar-refractivity contribution in [2.24, 2.45) is 4.99 Å². The number of fused-ring (bicyclic) bond motifs is 1. The number of aliphatic imine (C=N–C) groups is 1. The summed E-state index contributed by atoms with van der Waals surface area (Å²) in [5.41, 5.74) is 3.50. The van der Waals surface area contributed by atoms with Gasteiger partial charge in [-0.15, -0.1) is 0 Å². The number of benzene rings is 2. The maximum absolute atomic E-state index is 11.6. The van der Waals surface area contributed by atoms with Gasteiger partial charge >= 0.3 is 0 Å². The average Bonchev–Trinajstić information content (AvgIpc) is 2.67. The van der Waals surface area contributed by atoms with Gasteiger partial charge in [0.2, 0.25) is 5.91 Å². The summed E-state index contributed by atoms with van der Waals surface area (Å²) in [6, 6.07) is 13.7. The van der Waals surface area contributed by atoms with Crippen LogP contribution in [0.3, 0.4) is 0 Å². The Kier molecular flexibility index (Phi) is 5.51. The van der Waals surface area contributed by atoms with Crippen LogP contribution in [-0.2, 0) is 11.3 Å². The van der Waals surface area contributed by atoms with Crippen LogP contribution >= 0.6 is 23.4 Å². The molecule has 4 rings (SSSR count). The van der Waals surface area contributed by atoms with Crippen molar-refractivity contribution in [1.82, 2.24) is 0 Å². The minimum atomic E-state index is -0.245. The highest BCUT2D eigenvalue weighted by atomic mass is 35.5. The van der Waals surface area contributed by atoms with E-state index >= 15 is 0 Å². The van der Waals surface area contributed by atoms with Crippen LogP contribution in [0, 0.1) is 0 Å². The van der Waals surface area contributed by atoms with Crippen molar-refractivity contribution in [3.63, 3.8) is 0 Å². The van der Waals surface area contributed by atoms with Crippen LogP contribution in [0.25, 0.3) is 0 Å². The lowest BCUT2D eigenvalue weighted by atomic mass is 9.87. The number of para-hydroxylation sites is 1. The molecule has 0 atom stereocenters. The molecule has 2 aliphatic rings. The summed E-state index contributed by atoms with van der Waals surface area (Å²) < 4.78 is 0. The monoisotopic (exact) mass is 414 g/mol. The van der Waals surface area contributed by atoms with Crippen LogP contribution in [0.2, 0.25) is 5.02 Å². The summed E-state index contributed by atoms with van der Waals surface area (Å²) in [4.78, 5) is 16.6. The first-order valence-corrected chi connectivity index (χ1v) is 10.9. The number of carbonyl (C=O) groups is 1. The lowest BCUT2D eigenvalue weighted by molar-refractivity contribution is -0.114. The van der Waals surface area contributed by atoms with Crippen molar-refractivity contribution in [3.8, 4) is 0 Å². The number of amidine groups is 1. The summed E-state index contributed by atoms with van der Waals surface area (Å²) in [5.74, 6) is 3.02. The SMILES string of the molecule is CC(=O)Nc1cccc2c1NC1(CCSCC1)C(=NCc1cccc(Cl)c1)N2. The number of anilines is 3. The van der Waals surface area contributed by atoms with E-state index in [1.165, 1.54) is 6.92 Å². The van der Waals surface area contributed by atoms with Gasteiger partial charge in [-0.25, -0.2) is 0 Å². The predicted octanol–water partition coefficient (Wildman–Crippen LogP) is 5.00. The Morgan fingerprint density at radius 2 is 2.04 bits per heavy atom. The number of thioether (sulfide) groups is 1. The number of rotatable bonds is 3. The standard InChI is InChI=1S/C21H23ClN4OS/c1-14(27)24-17-6-3-7-18-19(17)26-21(8-10-28-11-9-21)20(25-18)23-13-15-4-2-5-16(22)12-15/h2-7,12,26H,8-11,13H2,1H3,(H,23,25)(H,24,27). The lowest BCUT2D eigenvalue weighted by Crippen LogP contribution is -2.55. The molecule has 2 aliphatic heterocycles. The molecule has 1 saturated heterocycles. The summed E-state index contributed by atoms with van der Waals surface area (Å²) in [5, 5.41) is 10.9. The third-order valence-corrected chi connectivity index (χ3v) is 6.32. The molecule has 2 aromatic rings. The molecule has 1 amide bonds. The van der Waals surface area contributed by atoms with Crippen LogP contribution in [-0.4, -0.2) is 28.8 Å². The van der Waals surface area contributed by atoms with Crippen LogP contribution in [0.15, 0.2) is 47.5 Å². The van der Waals surface area contributed by atoms with Crippen molar-refractivity contribution in [1.29, 1.82) is 0 Å². The van der Waals surface area contributed by atoms with Gasteiger partial charge in [0, 0.05) is 11.9 Å². The van der Waals surface area contributed by atoms with E-state index in [2.05, 4.69) is 16.0 Å². The maximum atomic E-state index is 11.6. The average molecular weight is 415 g/mol. The van der Waals surface area contributed by atoms with Crippen LogP contribution in [0.4, 0.5) is 17.1 Å². The van der Waals surface area contributed by atoms with Gasteiger partial charge in [0.05, 0.1) is 29.1 Å². The van der Waals surface area contributed by atoms with E-state index in [1.54, 1.807) is 0 Å². The van der Waals surface area contributed by atoms with Gasteiger partial charge in [-0.1, -0.05) is 29.8 Å². The number of nitrogens with one attached hydrogen (secondary N) is 3. The first-order chi connectivity index (χ1) is 13.6. The Labute approximate surface area is 174 Å². The molecule has 0 aromatic heterocycles. The van der Waals surface area contributed by atoms with E-state index < -0.39 is 0 Å². The van der Waals surface area contributed by atoms with Crippen molar-refractivity contribution < 1.29 is 4.79 Å². The molecule has 0 radical (unpaired) electrons. The number of nitrogens with zero attached hydrogens (tertiary/aromatic N) is 1. The highest BCUT2D eigenvalue weighted by Gasteiger charge is 2.41. The van der Waals surface area contributed by atoms with Gasteiger partial charge in [0.15, 0.2) is 0 Å². The van der Waals surface area contributed by atoms with Gasteiger partial charge in [-0.05, 0) is 54.2 Å². The molecule has 0 aliphatic carbocycles. The maximum Gasteiger partial charge on any atom is 0.221 e. The highest BCUT2D eigenvalue weighted by molar-refractivity contribution is 7.99. The molecule has 5 nitrogen and oxygen atoms in total. The lowest BCUT2D eigenvalue weighted by Gasteiger charge is -2.44. The number of hydrogen-bond acceptors (Lipinski definition) is 4. The summed E-state index contributed by atoms with van der Waals surface area (Å²) in [6.45, 7) is 2.10. The molecule has 1 fully saturated rings. The predicted molar refractivity (Wildman–Crippen MR) is 120 cm³/mol. The fourth-order valence-electron chi connectivity index (χ4n) is 3.71. The van der Waals surface area contributed by atoms with E-state index in [1.807, 2.05) is 54.2 Å². The minimum Gasteiger partial charge on any atom is -0.369 e. The second-order valence-corrected chi connectivity index (χ2v) is 8.81. The number of hydrogen-bond donors (Lipinski definition) is 3. The topological polar surface area (TPSA) is 65.5 Å². The van der Waals surface area contributed by atoms with Gasteiger partial charge in [0.1, 0.15) is 5.84 Å². The second kappa shape index (κ2) is 8.05. The molecule has 0 saturated carbocycles. The zero-order valence-corrected chi connectivity index (χ0v) is 17.3. The number of halogens is 1. The quantitative estimate of drug-likeness (QED) is 0.661. The molecule has 7 heteroatoms. The van der Waals surface area contributed by atoms with Crippen molar-refractivity contribution in [2.45, 2.75) is 31.8 Å². The zero-order valence-electron chi connectivity index (χ0n) is 15.7. The number of amides is 1. The van der Waals surface area contributed by atoms with Crippen molar-refractivity contribution in [2.75, 3.05) is 27.5 Å². The minimum absolute atomic E-state index is 0.0797. The van der Waals surface area contributed by atoms with Gasteiger partial charge in [-0.2, -0.15) is 11.8 Å². The third kappa shape index (κ3) is 3.98. The molecule has 28 heavy (non-hydrogen) atoms. The van der Waals surface area contributed by atoms with Crippen LogP contribution in [0.1, 0.15) is 25.3 Å². The molecule has 2 aromatic carbocycles. The largest absolute Gasteiger partial charge is 0.369 e. The Balaban J connectivity index is 1.69. The molecule has 2 heterocycles. The Morgan fingerprint density at radius 3 is 2.79 bits per heavy atom. The smallest absolute Gasteiger partial charge is 0.221 e. The normalized spacial score (nSPS) is 18.9. The first-order valence-electron chi connectivity index (χ1n) is 9.39. The Morgan fingerprint density at radius 1 is 1.25 bits per heavy atom. The fraction of sp³-hybridized carbons (Fsp3) is 0.333. The zero-order chi connectivity index (χ0) is 19.6. The van der Waals surface area contributed by atoms with E-state index in [0.717, 1.165) is 57.8 Å².